The molecule has 0 bridgehead atoms. The minimum Gasteiger partial charge on any atom is -0.367 e. The molecule has 0 aromatic carbocycles. The summed E-state index contributed by atoms with van der Waals surface area (Å²) in [6.45, 7) is 0.0879. The maximum Gasteiger partial charge on any atom is 0.436 e. The van der Waals surface area contributed by atoms with Gasteiger partial charge in [-0.05, 0) is 37.5 Å². The largest absolute Gasteiger partial charge is 0.436 e. The Hall–Kier alpha value is -4.04. The molecular weight excluding hydrogens is 506 g/mol. The summed E-state index contributed by atoms with van der Waals surface area (Å²) in [7, 11) is 0. The second-order valence-corrected chi connectivity index (χ2v) is 8.66. The molecule has 2 aliphatic rings. The molecule has 3 aromatic heterocycles. The lowest BCUT2D eigenvalue weighted by Gasteiger charge is -2.17. The number of aromatic nitrogens is 5. The van der Waals surface area contributed by atoms with Gasteiger partial charge < -0.3 is 15.5 Å². The monoisotopic (exact) mass is 524 g/mol. The van der Waals surface area contributed by atoms with Crippen molar-refractivity contribution in [3.05, 3.63) is 59.3 Å². The van der Waals surface area contributed by atoms with E-state index in [9.17, 15) is 31.1 Å². The van der Waals surface area contributed by atoms with E-state index in [4.69, 9.17) is 0 Å². The SMILES string of the molecule is O=C1c2nc(C(F)(F)F)ccc2CN1c1ccc(N[C@H]2CC[C@H](Nc3ncc(C(F)(F)F)nn3)C2)nc1. The Labute approximate surface area is 205 Å². The molecule has 2 atom stereocenters. The van der Waals surface area contributed by atoms with Crippen LogP contribution in [0.4, 0.5) is 43.8 Å². The number of halogens is 6. The predicted molar refractivity (Wildman–Crippen MR) is 117 cm³/mol. The van der Waals surface area contributed by atoms with Crippen molar-refractivity contribution in [2.75, 3.05) is 15.5 Å². The third-order valence-electron chi connectivity index (χ3n) is 6.07. The van der Waals surface area contributed by atoms with E-state index in [2.05, 4.69) is 35.8 Å². The molecule has 0 spiro atoms. The number of nitrogens with zero attached hydrogens (tertiary/aromatic N) is 6. The second-order valence-electron chi connectivity index (χ2n) is 8.66. The molecule has 1 fully saturated rings. The fourth-order valence-electron chi connectivity index (χ4n) is 4.27. The lowest BCUT2D eigenvalue weighted by Crippen LogP contribution is -2.24. The number of anilines is 3. The zero-order chi connectivity index (χ0) is 26.4. The van der Waals surface area contributed by atoms with E-state index in [1.165, 1.54) is 17.2 Å². The minimum atomic E-state index is -4.64. The van der Waals surface area contributed by atoms with Gasteiger partial charge in [0.15, 0.2) is 5.69 Å². The Kier molecular flexibility index (Phi) is 6.07. The van der Waals surface area contributed by atoms with Crippen molar-refractivity contribution >= 4 is 23.4 Å². The number of alkyl halides is 6. The number of hydrogen-bond donors (Lipinski definition) is 2. The lowest BCUT2D eigenvalue weighted by atomic mass is 10.2. The summed E-state index contributed by atoms with van der Waals surface area (Å²) in [6, 6.07) is 5.33. The Morgan fingerprint density at radius 3 is 2.19 bits per heavy atom. The summed E-state index contributed by atoms with van der Waals surface area (Å²) in [5.41, 5.74) is -1.70. The number of amides is 1. The third-order valence-corrected chi connectivity index (χ3v) is 6.07. The van der Waals surface area contributed by atoms with Crippen molar-refractivity contribution < 1.29 is 31.1 Å². The van der Waals surface area contributed by atoms with Crippen LogP contribution in [0.1, 0.15) is 46.7 Å². The molecule has 3 aromatic rings. The van der Waals surface area contributed by atoms with Gasteiger partial charge in [-0.25, -0.2) is 15.0 Å². The van der Waals surface area contributed by atoms with E-state index < -0.39 is 29.6 Å². The van der Waals surface area contributed by atoms with Gasteiger partial charge in [0, 0.05) is 17.6 Å². The zero-order valence-corrected chi connectivity index (χ0v) is 18.8. The van der Waals surface area contributed by atoms with Crippen LogP contribution in [0.25, 0.3) is 0 Å². The first-order chi connectivity index (χ1) is 17.5. The fourth-order valence-corrected chi connectivity index (χ4v) is 4.27. The van der Waals surface area contributed by atoms with Crippen LogP contribution >= 0.6 is 0 Å². The molecule has 2 N–H and O–H groups in total. The van der Waals surface area contributed by atoms with Crippen molar-refractivity contribution in [3.8, 4) is 0 Å². The molecule has 0 unspecified atom stereocenters. The predicted octanol–water partition coefficient (Wildman–Crippen LogP) is 4.30. The highest BCUT2D eigenvalue weighted by atomic mass is 19.4. The van der Waals surface area contributed by atoms with Crippen LogP contribution in [-0.2, 0) is 18.9 Å². The van der Waals surface area contributed by atoms with Crippen LogP contribution in [0.2, 0.25) is 0 Å². The summed E-state index contributed by atoms with van der Waals surface area (Å²) in [5, 5.41) is 12.9. The number of nitrogens with one attached hydrogen (secondary N) is 2. The van der Waals surface area contributed by atoms with Crippen molar-refractivity contribution in [3.63, 3.8) is 0 Å². The van der Waals surface area contributed by atoms with E-state index in [-0.39, 0.29) is 30.3 Å². The molecule has 9 nitrogen and oxygen atoms in total. The van der Waals surface area contributed by atoms with Gasteiger partial charge in [0.2, 0.25) is 5.95 Å². The van der Waals surface area contributed by atoms with Crippen LogP contribution in [0.15, 0.2) is 36.7 Å². The first-order valence-corrected chi connectivity index (χ1v) is 11.1. The molecule has 1 aliphatic carbocycles. The van der Waals surface area contributed by atoms with E-state index >= 15 is 0 Å². The van der Waals surface area contributed by atoms with E-state index in [0.29, 0.717) is 36.1 Å². The van der Waals surface area contributed by atoms with Gasteiger partial charge in [-0.1, -0.05) is 6.07 Å². The first-order valence-electron chi connectivity index (χ1n) is 11.1. The molecule has 5 rings (SSSR count). The van der Waals surface area contributed by atoms with Crippen molar-refractivity contribution in [2.45, 2.75) is 50.2 Å². The molecular formula is C22H18F6N8O. The summed E-state index contributed by atoms with van der Waals surface area (Å²) < 4.78 is 76.6. The maximum atomic E-state index is 12.9. The van der Waals surface area contributed by atoms with Gasteiger partial charge in [-0.3, -0.25) is 4.79 Å². The highest BCUT2D eigenvalue weighted by Crippen LogP contribution is 2.33. The summed E-state index contributed by atoms with van der Waals surface area (Å²) in [4.78, 5) is 25.5. The fraction of sp³-hybridized carbons (Fsp3) is 0.364. The molecule has 4 heterocycles. The minimum absolute atomic E-state index is 0.00856. The van der Waals surface area contributed by atoms with Crippen LogP contribution in [0.3, 0.4) is 0 Å². The number of pyridine rings is 2. The summed E-state index contributed by atoms with van der Waals surface area (Å²) in [5.74, 6) is -0.0916. The Morgan fingerprint density at radius 2 is 1.57 bits per heavy atom. The average Bonchev–Trinajstić information content (AvgIpc) is 3.42. The molecule has 0 radical (unpaired) electrons. The van der Waals surface area contributed by atoms with Crippen molar-refractivity contribution in [1.29, 1.82) is 0 Å². The Morgan fingerprint density at radius 1 is 0.838 bits per heavy atom. The van der Waals surface area contributed by atoms with Crippen LogP contribution in [0.5, 0.6) is 0 Å². The highest BCUT2D eigenvalue weighted by molar-refractivity contribution is 6.08. The standard InChI is InChI=1S/C22H18F6N8O/c23-21(24,25)15-5-1-11-10-36(19(37)18(11)33-15)14-4-6-17(29-8-14)31-12-2-3-13(7-12)32-20-30-9-16(34-35-20)22(26,27)28/h1,4-6,8-9,12-13H,2-3,7,10H2,(H,29,31)(H,30,32,35)/t12-,13-/m0/s1. The Balaban J connectivity index is 1.17. The number of rotatable bonds is 5. The second kappa shape index (κ2) is 9.12. The molecule has 1 saturated carbocycles. The number of fused-ring (bicyclic) bond motifs is 1. The molecule has 0 saturated heterocycles. The maximum absolute atomic E-state index is 12.9. The highest BCUT2D eigenvalue weighted by Gasteiger charge is 2.37. The summed E-state index contributed by atoms with van der Waals surface area (Å²) in [6.07, 6.45) is -5.09. The van der Waals surface area contributed by atoms with Crippen molar-refractivity contribution in [1.82, 2.24) is 25.1 Å². The molecule has 37 heavy (non-hydrogen) atoms. The van der Waals surface area contributed by atoms with Crippen LogP contribution in [0, 0.1) is 0 Å². The van der Waals surface area contributed by atoms with E-state index in [0.717, 1.165) is 12.5 Å². The third kappa shape index (κ3) is 5.24. The van der Waals surface area contributed by atoms with Gasteiger partial charge in [-0.2, -0.15) is 26.3 Å². The number of hydrogen-bond acceptors (Lipinski definition) is 8. The molecule has 15 heteroatoms. The van der Waals surface area contributed by atoms with Gasteiger partial charge >= 0.3 is 12.4 Å². The molecule has 1 aliphatic heterocycles. The van der Waals surface area contributed by atoms with E-state index in [1.54, 1.807) is 12.1 Å². The van der Waals surface area contributed by atoms with Gasteiger partial charge in [0.25, 0.3) is 5.91 Å². The lowest BCUT2D eigenvalue weighted by molar-refractivity contribution is -0.142. The molecule has 194 valence electrons. The van der Waals surface area contributed by atoms with Gasteiger partial charge in [-0.15, -0.1) is 10.2 Å². The van der Waals surface area contributed by atoms with Crippen molar-refractivity contribution in [2.24, 2.45) is 0 Å². The number of carbonyl (C=O) groups is 1. The zero-order valence-electron chi connectivity index (χ0n) is 18.8. The van der Waals surface area contributed by atoms with E-state index in [1.807, 2.05) is 0 Å². The average molecular weight is 524 g/mol. The summed E-state index contributed by atoms with van der Waals surface area (Å²) >= 11 is 0. The van der Waals surface area contributed by atoms with Gasteiger partial charge in [0.05, 0.1) is 24.6 Å². The Bertz CT molecular complexity index is 1300. The van der Waals surface area contributed by atoms with Crippen LogP contribution < -0.4 is 15.5 Å². The molecule has 1 amide bonds. The smallest absolute Gasteiger partial charge is 0.367 e. The van der Waals surface area contributed by atoms with Crippen LogP contribution in [-0.4, -0.2) is 43.1 Å². The number of carbonyl (C=O) groups excluding carboxylic acids is 1. The quantitative estimate of drug-likeness (QED) is 0.476. The topological polar surface area (TPSA) is 109 Å². The normalized spacial score (nSPS) is 19.7. The first kappa shape index (κ1) is 24.6. The van der Waals surface area contributed by atoms with Gasteiger partial charge in [0.1, 0.15) is 17.2 Å².